The summed E-state index contributed by atoms with van der Waals surface area (Å²) in [5, 5.41) is 0.919. The molecule has 2 amide bonds. The molecule has 0 aliphatic carbocycles. The summed E-state index contributed by atoms with van der Waals surface area (Å²) in [5.41, 5.74) is 2.29. The summed E-state index contributed by atoms with van der Waals surface area (Å²) in [5.74, 6) is 0. The molecule has 0 radical (unpaired) electrons. The molecule has 1 rings (SSSR count). The Balaban J connectivity index is 2.64. The Labute approximate surface area is 249 Å². The molecule has 1 saturated heterocycles. The number of ether oxygens (including phenoxy) is 2. The van der Waals surface area contributed by atoms with Crippen molar-refractivity contribution in [1.82, 2.24) is 10.4 Å². The number of hydrogen-bond donors (Lipinski definition) is 1. The molecular weight excluding hydrogens is 590 g/mol. The zero-order valence-corrected chi connectivity index (χ0v) is 26.7. The van der Waals surface area contributed by atoms with Crippen molar-refractivity contribution >= 4 is 54.6 Å². The van der Waals surface area contributed by atoms with Crippen LogP contribution in [-0.4, -0.2) is 59.1 Å². The third-order valence-corrected chi connectivity index (χ3v) is 8.54. The Kier molecular flexibility index (Phi) is 18.8. The zero-order chi connectivity index (χ0) is 29.2. The van der Waals surface area contributed by atoms with Gasteiger partial charge in [-0.15, -0.1) is 0 Å². The quantitative estimate of drug-likeness (QED) is 0.0582. The number of cyclic esters (lactones) is 1. The predicted octanol–water partition coefficient (Wildman–Crippen LogP) is 8.71. The lowest BCUT2D eigenvalue weighted by atomic mass is 10.0. The van der Waals surface area contributed by atoms with E-state index in [9.17, 15) is 14.2 Å². The maximum absolute atomic E-state index is 13.2. The minimum absolute atomic E-state index is 0.150. The highest BCUT2D eigenvalue weighted by molar-refractivity contribution is 7.53. The van der Waals surface area contributed by atoms with Crippen LogP contribution in [0.3, 0.4) is 0 Å². The van der Waals surface area contributed by atoms with Gasteiger partial charge < -0.3 is 18.5 Å². The van der Waals surface area contributed by atoms with Crippen LogP contribution in [0.5, 0.6) is 0 Å². The summed E-state index contributed by atoms with van der Waals surface area (Å²) in [6.07, 6.45) is 15.5. The van der Waals surface area contributed by atoms with Crippen LogP contribution in [-0.2, 0) is 23.1 Å². The van der Waals surface area contributed by atoms with Gasteiger partial charge in [-0.1, -0.05) is 112 Å². The topological polar surface area (TPSA) is 103 Å². The first kappa shape index (κ1) is 36.3. The standard InChI is InChI=1S/C26H46Cl3N2O7P/c1-4-7-8-9-10-11-12-13-14-15-16-17-18-19-23-22(20-39(34,36-5-2)37-6-3)31(25(33)38-23)30-24(32)35-21-26(27,28)29/h18-19,22-23H,4-17,20-21H2,1-3H3,(H,30,32)/b19-18+/t22-,23-/m1/s1. The number of halogens is 3. The summed E-state index contributed by atoms with van der Waals surface area (Å²) in [6, 6.07) is -0.865. The third-order valence-electron chi connectivity index (χ3n) is 6.09. The fraction of sp³-hybridized carbons (Fsp3) is 0.846. The third kappa shape index (κ3) is 16.4. The zero-order valence-electron chi connectivity index (χ0n) is 23.5. The maximum atomic E-state index is 13.2. The molecule has 1 heterocycles. The van der Waals surface area contributed by atoms with Gasteiger partial charge in [0.1, 0.15) is 18.8 Å². The Bertz CT molecular complexity index is 773. The van der Waals surface area contributed by atoms with E-state index in [0.29, 0.717) is 0 Å². The molecule has 0 spiro atoms. The number of hydrazine groups is 1. The first-order valence-electron chi connectivity index (χ1n) is 14.1. The van der Waals surface area contributed by atoms with Crippen LogP contribution in [0.1, 0.15) is 97.8 Å². The molecule has 1 N–H and O–H groups in total. The van der Waals surface area contributed by atoms with Gasteiger partial charge in [0.05, 0.1) is 19.4 Å². The molecule has 0 aromatic rings. The second-order valence-corrected chi connectivity index (χ2v) is 14.1. The summed E-state index contributed by atoms with van der Waals surface area (Å²) >= 11 is 16.9. The van der Waals surface area contributed by atoms with Crippen LogP contribution in [0.4, 0.5) is 9.59 Å². The number of hydrogen-bond acceptors (Lipinski definition) is 7. The fourth-order valence-corrected chi connectivity index (χ4v) is 6.28. The van der Waals surface area contributed by atoms with Crippen molar-refractivity contribution in [2.45, 2.75) is 114 Å². The van der Waals surface area contributed by atoms with Crippen molar-refractivity contribution in [2.24, 2.45) is 0 Å². The second-order valence-electron chi connectivity index (χ2n) is 9.47. The lowest BCUT2D eigenvalue weighted by Gasteiger charge is -2.27. The van der Waals surface area contributed by atoms with Crippen molar-refractivity contribution in [2.75, 3.05) is 26.0 Å². The van der Waals surface area contributed by atoms with E-state index >= 15 is 0 Å². The molecule has 1 fully saturated rings. The number of allylic oxidation sites excluding steroid dienone is 1. The molecule has 39 heavy (non-hydrogen) atoms. The normalized spacial score (nSPS) is 18.1. The molecule has 1 aliphatic rings. The number of unbranched alkanes of at least 4 members (excludes halogenated alkanes) is 11. The number of nitrogens with zero attached hydrogens (tertiary/aromatic N) is 1. The molecule has 9 nitrogen and oxygen atoms in total. The van der Waals surface area contributed by atoms with Gasteiger partial charge in [0, 0.05) is 0 Å². The van der Waals surface area contributed by atoms with E-state index in [2.05, 4.69) is 12.3 Å². The first-order valence-corrected chi connectivity index (χ1v) is 17.0. The van der Waals surface area contributed by atoms with Crippen LogP contribution in [0.15, 0.2) is 12.2 Å². The molecular formula is C26H46Cl3N2O7P. The average molecular weight is 636 g/mol. The van der Waals surface area contributed by atoms with Gasteiger partial charge in [-0.25, -0.2) is 20.0 Å². The summed E-state index contributed by atoms with van der Waals surface area (Å²) in [6.45, 7) is 5.39. The molecule has 0 saturated carbocycles. The van der Waals surface area contributed by atoms with Crippen molar-refractivity contribution in [1.29, 1.82) is 0 Å². The van der Waals surface area contributed by atoms with E-state index in [0.717, 1.165) is 24.3 Å². The number of amides is 2. The van der Waals surface area contributed by atoms with Gasteiger partial charge in [0.15, 0.2) is 0 Å². The summed E-state index contributed by atoms with van der Waals surface area (Å²) in [7, 11) is -3.59. The van der Waals surface area contributed by atoms with Gasteiger partial charge in [-0.3, -0.25) is 4.57 Å². The number of rotatable bonds is 21. The van der Waals surface area contributed by atoms with Crippen molar-refractivity contribution in [3.8, 4) is 0 Å². The molecule has 13 heteroatoms. The van der Waals surface area contributed by atoms with E-state index in [4.69, 9.17) is 53.3 Å². The van der Waals surface area contributed by atoms with Gasteiger partial charge >= 0.3 is 19.8 Å². The van der Waals surface area contributed by atoms with Gasteiger partial charge in [-0.05, 0) is 32.8 Å². The largest absolute Gasteiger partial charge is 0.444 e. The first-order chi connectivity index (χ1) is 18.5. The fourth-order valence-electron chi connectivity index (χ4n) is 4.22. The van der Waals surface area contributed by atoms with Crippen LogP contribution < -0.4 is 5.43 Å². The van der Waals surface area contributed by atoms with Gasteiger partial charge in [-0.2, -0.15) is 0 Å². The lowest BCUT2D eigenvalue weighted by Crippen LogP contribution is -2.50. The van der Waals surface area contributed by atoms with Crippen LogP contribution in [0.25, 0.3) is 0 Å². The van der Waals surface area contributed by atoms with Crippen molar-refractivity contribution in [3.05, 3.63) is 12.2 Å². The Hall–Kier alpha value is -0.700. The highest BCUT2D eigenvalue weighted by Crippen LogP contribution is 2.50. The number of nitrogens with one attached hydrogen (secondary N) is 1. The average Bonchev–Trinajstić information content (AvgIpc) is 3.14. The lowest BCUT2D eigenvalue weighted by molar-refractivity contribution is 0.105. The summed E-state index contributed by atoms with van der Waals surface area (Å²) in [4.78, 5) is 24.9. The minimum Gasteiger partial charge on any atom is -0.444 e. The van der Waals surface area contributed by atoms with Gasteiger partial charge in [0.25, 0.3) is 0 Å². The van der Waals surface area contributed by atoms with E-state index in [1.807, 2.05) is 6.08 Å². The number of carbonyl (C=O) groups excluding carboxylic acids is 2. The van der Waals surface area contributed by atoms with Gasteiger partial charge in [0.2, 0.25) is 3.79 Å². The Morgan fingerprint density at radius 2 is 1.51 bits per heavy atom. The molecule has 2 atom stereocenters. The minimum atomic E-state index is -3.59. The van der Waals surface area contributed by atoms with E-state index in [1.165, 1.54) is 57.8 Å². The van der Waals surface area contributed by atoms with E-state index in [1.54, 1.807) is 19.9 Å². The van der Waals surface area contributed by atoms with Crippen molar-refractivity contribution < 1.29 is 32.7 Å². The van der Waals surface area contributed by atoms with Crippen LogP contribution in [0, 0.1) is 0 Å². The molecule has 0 unspecified atom stereocenters. The Morgan fingerprint density at radius 3 is 2.03 bits per heavy atom. The monoisotopic (exact) mass is 634 g/mol. The molecule has 1 aliphatic heterocycles. The van der Waals surface area contributed by atoms with E-state index < -0.39 is 42.3 Å². The van der Waals surface area contributed by atoms with E-state index in [-0.39, 0.29) is 19.4 Å². The predicted molar refractivity (Wildman–Crippen MR) is 157 cm³/mol. The molecule has 0 aromatic carbocycles. The molecule has 0 aromatic heterocycles. The van der Waals surface area contributed by atoms with Crippen LogP contribution in [0.2, 0.25) is 0 Å². The second kappa shape index (κ2) is 20.2. The molecule has 228 valence electrons. The maximum Gasteiger partial charge on any atom is 0.429 e. The highest BCUT2D eigenvalue weighted by atomic mass is 35.6. The smallest absolute Gasteiger partial charge is 0.429 e. The highest BCUT2D eigenvalue weighted by Gasteiger charge is 2.46. The molecule has 0 bridgehead atoms. The Morgan fingerprint density at radius 1 is 0.974 bits per heavy atom. The van der Waals surface area contributed by atoms with Crippen LogP contribution >= 0.6 is 42.4 Å². The number of carbonyl (C=O) groups is 2. The van der Waals surface area contributed by atoms with Crippen molar-refractivity contribution in [3.63, 3.8) is 0 Å². The SMILES string of the molecule is CCCCCCCCCCCCC/C=C/[C@H]1OC(=O)N(NC(=O)OCC(Cl)(Cl)Cl)[C@@H]1CP(=O)(OCC)OCC. The number of alkyl halides is 3. The summed E-state index contributed by atoms with van der Waals surface area (Å²) < 4.78 is 32.6.